The quantitative estimate of drug-likeness (QED) is 0.781. The Morgan fingerprint density at radius 1 is 1.30 bits per heavy atom. The van der Waals surface area contributed by atoms with Crippen LogP contribution in [0.4, 0.5) is 10.7 Å². The third kappa shape index (κ3) is 3.15. The number of hydrogen-bond acceptors (Lipinski definition) is 6. The van der Waals surface area contributed by atoms with Crippen LogP contribution in [-0.2, 0) is 9.84 Å². The zero-order chi connectivity index (χ0) is 15.5. The molecule has 0 saturated carbocycles. The summed E-state index contributed by atoms with van der Waals surface area (Å²) in [6.07, 6.45) is 1.20. The third-order valence-electron chi connectivity index (χ3n) is 3.05. The fraction of sp³-hybridized carbons (Fsp3) is 0.615. The van der Waals surface area contributed by atoms with Crippen LogP contribution in [0.25, 0.3) is 0 Å². The summed E-state index contributed by atoms with van der Waals surface area (Å²) in [7, 11) is -1.63. The van der Waals surface area contributed by atoms with E-state index in [1.165, 1.54) is 11.3 Å². The first kappa shape index (κ1) is 17.0. The van der Waals surface area contributed by atoms with Crippen molar-refractivity contribution in [2.75, 3.05) is 30.0 Å². The highest BCUT2D eigenvalue weighted by molar-refractivity contribution is 7.92. The molecule has 0 aromatic carbocycles. The Morgan fingerprint density at radius 2 is 1.90 bits per heavy atom. The molecule has 0 fully saturated rings. The predicted molar refractivity (Wildman–Crippen MR) is 84.6 cm³/mol. The van der Waals surface area contributed by atoms with Crippen LogP contribution in [0.5, 0.6) is 0 Å². The van der Waals surface area contributed by atoms with Gasteiger partial charge in [0.05, 0.1) is 16.3 Å². The summed E-state index contributed by atoms with van der Waals surface area (Å²) in [4.78, 5) is 14.3. The van der Waals surface area contributed by atoms with E-state index in [0.29, 0.717) is 22.8 Å². The minimum atomic E-state index is -3.45. The van der Waals surface area contributed by atoms with Crippen molar-refractivity contribution < 1.29 is 13.2 Å². The molecule has 114 valence electrons. The van der Waals surface area contributed by atoms with E-state index in [1.807, 2.05) is 18.9 Å². The lowest BCUT2D eigenvalue weighted by molar-refractivity contribution is 0.0992. The molecule has 0 atom stereocenters. The molecule has 1 heterocycles. The van der Waals surface area contributed by atoms with E-state index < -0.39 is 9.84 Å². The van der Waals surface area contributed by atoms with Crippen LogP contribution >= 0.6 is 11.3 Å². The molecule has 0 aliphatic carbocycles. The van der Waals surface area contributed by atoms with Gasteiger partial charge in [-0.05, 0) is 6.42 Å². The lowest BCUT2D eigenvalue weighted by atomic mass is 10.2. The Labute approximate surface area is 124 Å². The smallest absolute Gasteiger partial charge is 0.183 e. The van der Waals surface area contributed by atoms with Gasteiger partial charge in [-0.3, -0.25) is 4.79 Å². The van der Waals surface area contributed by atoms with Crippen LogP contribution in [0.2, 0.25) is 0 Å². The van der Waals surface area contributed by atoms with E-state index in [0.717, 1.165) is 6.42 Å². The standard InChI is InChI=1S/C13H22N2O3S2/c1-5-8-15(4)13-12(20(17,18)7-3)10(14)11(19-13)9(16)6-2/h5-8,14H2,1-4H3. The highest BCUT2D eigenvalue weighted by Gasteiger charge is 2.29. The fourth-order valence-electron chi connectivity index (χ4n) is 1.92. The van der Waals surface area contributed by atoms with E-state index in [1.54, 1.807) is 13.8 Å². The number of carbonyl (C=O) groups excluding carboxylic acids is 1. The van der Waals surface area contributed by atoms with Crippen molar-refractivity contribution in [1.29, 1.82) is 0 Å². The molecule has 1 rings (SSSR count). The maximum Gasteiger partial charge on any atom is 0.183 e. The fourth-order valence-corrected chi connectivity index (χ4v) is 4.75. The predicted octanol–water partition coefficient (Wildman–Crippen LogP) is 2.56. The summed E-state index contributed by atoms with van der Waals surface area (Å²) >= 11 is 1.18. The summed E-state index contributed by atoms with van der Waals surface area (Å²) in [5.74, 6) is -0.142. The molecule has 1 aromatic rings. The molecular formula is C13H22N2O3S2. The van der Waals surface area contributed by atoms with Crippen LogP contribution in [0.1, 0.15) is 43.3 Å². The van der Waals surface area contributed by atoms with Gasteiger partial charge in [0.15, 0.2) is 15.6 Å². The van der Waals surface area contributed by atoms with Gasteiger partial charge >= 0.3 is 0 Å². The minimum Gasteiger partial charge on any atom is -0.396 e. The zero-order valence-electron chi connectivity index (χ0n) is 12.4. The first-order chi connectivity index (χ1) is 9.30. The summed E-state index contributed by atoms with van der Waals surface area (Å²) in [5.41, 5.74) is 6.07. The van der Waals surface area contributed by atoms with E-state index in [9.17, 15) is 13.2 Å². The van der Waals surface area contributed by atoms with Crippen molar-refractivity contribution in [3.8, 4) is 0 Å². The molecule has 5 nitrogen and oxygen atoms in total. The van der Waals surface area contributed by atoms with Gasteiger partial charge in [-0.25, -0.2) is 8.42 Å². The molecule has 0 amide bonds. The Hall–Kier alpha value is -1.08. The van der Waals surface area contributed by atoms with Crippen LogP contribution < -0.4 is 10.6 Å². The van der Waals surface area contributed by atoms with Gasteiger partial charge < -0.3 is 10.6 Å². The van der Waals surface area contributed by atoms with Crippen LogP contribution in [0.15, 0.2) is 4.90 Å². The molecule has 0 unspecified atom stereocenters. The Kier molecular flexibility index (Phi) is 5.59. The topological polar surface area (TPSA) is 80.5 Å². The van der Waals surface area contributed by atoms with Crippen LogP contribution in [0, 0.1) is 0 Å². The molecule has 0 aliphatic rings. The summed E-state index contributed by atoms with van der Waals surface area (Å²) in [6.45, 7) is 6.05. The van der Waals surface area contributed by atoms with E-state index >= 15 is 0 Å². The number of nitrogen functional groups attached to an aromatic ring is 1. The normalized spacial score (nSPS) is 11.6. The number of carbonyl (C=O) groups is 1. The minimum absolute atomic E-state index is 0.0271. The first-order valence-corrected chi connectivity index (χ1v) is 9.16. The molecular weight excluding hydrogens is 296 g/mol. The van der Waals surface area contributed by atoms with Crippen molar-refractivity contribution >= 4 is 37.6 Å². The molecule has 20 heavy (non-hydrogen) atoms. The second-order valence-electron chi connectivity index (χ2n) is 4.58. The summed E-state index contributed by atoms with van der Waals surface area (Å²) in [5, 5.41) is 0.572. The van der Waals surface area contributed by atoms with Gasteiger partial charge in [0.2, 0.25) is 0 Å². The van der Waals surface area contributed by atoms with Crippen LogP contribution in [-0.4, -0.2) is 33.5 Å². The molecule has 7 heteroatoms. The molecule has 0 spiro atoms. The van der Waals surface area contributed by atoms with E-state index in [2.05, 4.69) is 0 Å². The van der Waals surface area contributed by atoms with Crippen molar-refractivity contribution in [2.45, 2.75) is 38.5 Å². The van der Waals surface area contributed by atoms with Gasteiger partial charge in [0.1, 0.15) is 9.90 Å². The first-order valence-electron chi connectivity index (χ1n) is 6.69. The lowest BCUT2D eigenvalue weighted by Gasteiger charge is -2.18. The number of nitrogens with zero attached hydrogens (tertiary/aromatic N) is 1. The maximum atomic E-state index is 12.3. The van der Waals surface area contributed by atoms with Gasteiger partial charge in [-0.2, -0.15) is 0 Å². The Bertz CT molecular complexity index is 591. The van der Waals surface area contributed by atoms with Crippen LogP contribution in [0.3, 0.4) is 0 Å². The number of hydrogen-bond donors (Lipinski definition) is 1. The SMILES string of the molecule is CCCN(C)c1sc(C(=O)CC)c(N)c1S(=O)(=O)CC. The molecule has 0 bridgehead atoms. The Morgan fingerprint density at radius 3 is 2.35 bits per heavy atom. The van der Waals surface area contributed by atoms with Gasteiger partial charge in [0.25, 0.3) is 0 Å². The lowest BCUT2D eigenvalue weighted by Crippen LogP contribution is -2.19. The van der Waals surface area contributed by atoms with Crippen molar-refractivity contribution in [2.24, 2.45) is 0 Å². The number of rotatable bonds is 7. The average Bonchev–Trinajstić information content (AvgIpc) is 2.76. The van der Waals surface area contributed by atoms with Crippen molar-refractivity contribution in [1.82, 2.24) is 0 Å². The third-order valence-corrected chi connectivity index (χ3v) is 6.34. The second-order valence-corrected chi connectivity index (χ2v) is 7.80. The zero-order valence-corrected chi connectivity index (χ0v) is 14.0. The molecule has 0 aliphatic heterocycles. The summed E-state index contributed by atoms with van der Waals surface area (Å²) in [6, 6.07) is 0. The molecule has 1 aromatic heterocycles. The molecule has 0 radical (unpaired) electrons. The van der Waals surface area contributed by atoms with Crippen molar-refractivity contribution in [3.63, 3.8) is 0 Å². The number of thiophene rings is 1. The largest absolute Gasteiger partial charge is 0.396 e. The number of ketones is 1. The highest BCUT2D eigenvalue weighted by Crippen LogP contribution is 2.42. The molecule has 2 N–H and O–H groups in total. The highest BCUT2D eigenvalue weighted by atomic mass is 32.2. The van der Waals surface area contributed by atoms with Gasteiger partial charge in [-0.15, -0.1) is 11.3 Å². The van der Waals surface area contributed by atoms with Gasteiger partial charge in [0, 0.05) is 20.0 Å². The van der Waals surface area contributed by atoms with Gasteiger partial charge in [-0.1, -0.05) is 20.8 Å². The van der Waals surface area contributed by atoms with E-state index in [4.69, 9.17) is 5.73 Å². The van der Waals surface area contributed by atoms with Crippen molar-refractivity contribution in [3.05, 3.63) is 4.88 Å². The number of nitrogens with two attached hydrogens (primary N) is 1. The Balaban J connectivity index is 3.53. The monoisotopic (exact) mass is 318 g/mol. The summed E-state index contributed by atoms with van der Waals surface area (Å²) < 4.78 is 24.5. The number of anilines is 2. The van der Waals surface area contributed by atoms with E-state index in [-0.39, 0.29) is 22.1 Å². The maximum absolute atomic E-state index is 12.3. The number of sulfone groups is 1. The molecule has 0 saturated heterocycles. The second kappa shape index (κ2) is 6.58. The average molecular weight is 318 g/mol. The number of Topliss-reactive ketones (excluding diaryl/α,β-unsaturated/α-hetero) is 1.